The Kier molecular flexibility index (Phi) is 4.19. The molecular formula is C18H17N3O2. The Morgan fingerprint density at radius 1 is 1.17 bits per heavy atom. The molecule has 0 aliphatic rings. The third-order valence-corrected chi connectivity index (χ3v) is 3.42. The maximum atomic E-state index is 12.0. The lowest BCUT2D eigenvalue weighted by molar-refractivity contribution is -0.118. The van der Waals surface area contributed by atoms with Crippen LogP contribution < -0.4 is 10.1 Å². The quantitative estimate of drug-likeness (QED) is 0.803. The van der Waals surface area contributed by atoms with Crippen molar-refractivity contribution in [1.29, 1.82) is 0 Å². The summed E-state index contributed by atoms with van der Waals surface area (Å²) >= 11 is 0. The maximum absolute atomic E-state index is 12.0. The summed E-state index contributed by atoms with van der Waals surface area (Å²) in [6.07, 6.45) is 1.62. The molecule has 2 heterocycles. The highest BCUT2D eigenvalue weighted by atomic mass is 16.5. The lowest BCUT2D eigenvalue weighted by atomic mass is 10.1. The van der Waals surface area contributed by atoms with Gasteiger partial charge in [-0.2, -0.15) is 0 Å². The van der Waals surface area contributed by atoms with Crippen LogP contribution in [0.4, 0.5) is 5.82 Å². The van der Waals surface area contributed by atoms with E-state index in [0.717, 1.165) is 22.2 Å². The number of pyridine rings is 2. The van der Waals surface area contributed by atoms with E-state index < -0.39 is 0 Å². The van der Waals surface area contributed by atoms with E-state index in [0.29, 0.717) is 11.6 Å². The molecule has 3 rings (SSSR count). The van der Waals surface area contributed by atoms with Gasteiger partial charge in [-0.3, -0.25) is 9.78 Å². The highest BCUT2D eigenvalue weighted by Gasteiger charge is 2.09. The Hall–Kier alpha value is -2.95. The Morgan fingerprint density at radius 3 is 2.83 bits per heavy atom. The molecule has 0 unspecified atom stereocenters. The number of anilines is 1. The van der Waals surface area contributed by atoms with Crippen molar-refractivity contribution in [1.82, 2.24) is 9.97 Å². The van der Waals surface area contributed by atoms with Gasteiger partial charge in [0.05, 0.1) is 5.52 Å². The van der Waals surface area contributed by atoms with Crippen LogP contribution in [-0.2, 0) is 4.79 Å². The summed E-state index contributed by atoms with van der Waals surface area (Å²) in [6.45, 7) is 3.84. The van der Waals surface area contributed by atoms with Crippen LogP contribution in [0.15, 0.2) is 48.7 Å². The monoisotopic (exact) mass is 307 g/mol. The molecule has 1 aromatic carbocycles. The van der Waals surface area contributed by atoms with Crippen molar-refractivity contribution in [2.45, 2.75) is 13.8 Å². The molecule has 1 N–H and O–H groups in total. The van der Waals surface area contributed by atoms with E-state index in [-0.39, 0.29) is 12.5 Å². The second-order valence-corrected chi connectivity index (χ2v) is 5.28. The number of benzene rings is 1. The summed E-state index contributed by atoms with van der Waals surface area (Å²) < 4.78 is 5.71. The van der Waals surface area contributed by atoms with E-state index in [2.05, 4.69) is 15.3 Å². The molecule has 0 saturated carbocycles. The third-order valence-electron chi connectivity index (χ3n) is 3.42. The zero-order chi connectivity index (χ0) is 16.2. The Balaban J connectivity index is 1.77. The van der Waals surface area contributed by atoms with Crippen molar-refractivity contribution in [3.05, 3.63) is 59.9 Å². The lowest BCUT2D eigenvalue weighted by Crippen LogP contribution is -2.20. The fraction of sp³-hybridized carbons (Fsp3) is 0.167. The first kappa shape index (κ1) is 15.0. The zero-order valence-corrected chi connectivity index (χ0v) is 13.0. The van der Waals surface area contributed by atoms with Crippen LogP contribution in [0.25, 0.3) is 10.9 Å². The number of fused-ring (bicyclic) bond motifs is 1. The average molecular weight is 307 g/mol. The number of carbonyl (C=O) groups is 1. The highest BCUT2D eigenvalue weighted by molar-refractivity contribution is 5.92. The molecule has 0 fully saturated rings. The molecule has 0 aliphatic carbocycles. The van der Waals surface area contributed by atoms with Crippen molar-refractivity contribution < 1.29 is 9.53 Å². The number of carbonyl (C=O) groups excluding carboxylic acids is 1. The van der Waals surface area contributed by atoms with Gasteiger partial charge in [-0.1, -0.05) is 18.2 Å². The van der Waals surface area contributed by atoms with Gasteiger partial charge >= 0.3 is 0 Å². The van der Waals surface area contributed by atoms with E-state index in [1.54, 1.807) is 18.3 Å². The van der Waals surface area contributed by atoms with Crippen molar-refractivity contribution >= 4 is 22.6 Å². The normalized spacial score (nSPS) is 10.5. The van der Waals surface area contributed by atoms with Gasteiger partial charge in [0.1, 0.15) is 11.6 Å². The van der Waals surface area contributed by atoms with Crippen molar-refractivity contribution in [2.24, 2.45) is 0 Å². The van der Waals surface area contributed by atoms with Gasteiger partial charge in [-0.15, -0.1) is 0 Å². The minimum Gasteiger partial charge on any atom is -0.483 e. The first-order chi connectivity index (χ1) is 11.1. The Labute approximate surface area is 134 Å². The third kappa shape index (κ3) is 3.45. The van der Waals surface area contributed by atoms with Crippen molar-refractivity contribution in [2.75, 3.05) is 11.9 Å². The number of ether oxygens (including phenoxy) is 1. The number of aryl methyl sites for hydroxylation is 2. The molecule has 0 aliphatic heterocycles. The predicted octanol–water partition coefficient (Wildman–Crippen LogP) is 3.26. The molecule has 3 aromatic rings. The van der Waals surface area contributed by atoms with Crippen LogP contribution >= 0.6 is 0 Å². The van der Waals surface area contributed by atoms with Gasteiger partial charge in [-0.05, 0) is 37.6 Å². The smallest absolute Gasteiger partial charge is 0.263 e. The van der Waals surface area contributed by atoms with Crippen LogP contribution in [0.2, 0.25) is 0 Å². The molecule has 5 nitrogen and oxygen atoms in total. The maximum Gasteiger partial charge on any atom is 0.263 e. The van der Waals surface area contributed by atoms with E-state index in [1.807, 2.05) is 44.2 Å². The van der Waals surface area contributed by atoms with Crippen LogP contribution in [0, 0.1) is 13.8 Å². The van der Waals surface area contributed by atoms with Crippen LogP contribution in [0.3, 0.4) is 0 Å². The van der Waals surface area contributed by atoms with E-state index in [4.69, 9.17) is 4.74 Å². The standard InChI is InChI=1S/C18H17N3O2/c1-12-6-5-7-14-15(10-13(2)20-18(12)14)23-11-17(22)21-16-8-3-4-9-19-16/h3-10H,11H2,1-2H3,(H,19,21,22). The number of aromatic nitrogens is 2. The molecule has 5 heteroatoms. The molecule has 116 valence electrons. The molecule has 23 heavy (non-hydrogen) atoms. The number of hydrogen-bond acceptors (Lipinski definition) is 4. The van der Waals surface area contributed by atoms with Crippen LogP contribution in [0.1, 0.15) is 11.3 Å². The van der Waals surface area contributed by atoms with E-state index in [1.165, 1.54) is 0 Å². The average Bonchev–Trinajstić information content (AvgIpc) is 2.54. The summed E-state index contributed by atoms with van der Waals surface area (Å²) in [4.78, 5) is 20.6. The Morgan fingerprint density at radius 2 is 2.04 bits per heavy atom. The second kappa shape index (κ2) is 6.44. The highest BCUT2D eigenvalue weighted by Crippen LogP contribution is 2.27. The fourth-order valence-electron chi connectivity index (χ4n) is 2.36. The molecule has 0 atom stereocenters. The first-order valence-electron chi connectivity index (χ1n) is 7.34. The number of hydrogen-bond donors (Lipinski definition) is 1. The minimum absolute atomic E-state index is 0.0803. The van der Waals surface area contributed by atoms with Gasteiger partial charge in [0.15, 0.2) is 6.61 Å². The van der Waals surface area contributed by atoms with Crippen molar-refractivity contribution in [3.8, 4) is 5.75 Å². The molecule has 0 spiro atoms. The number of nitrogens with one attached hydrogen (secondary N) is 1. The predicted molar refractivity (Wildman–Crippen MR) is 89.6 cm³/mol. The van der Waals surface area contributed by atoms with Gasteiger partial charge < -0.3 is 10.1 Å². The zero-order valence-electron chi connectivity index (χ0n) is 13.0. The SMILES string of the molecule is Cc1cc(OCC(=O)Nc2ccccn2)c2cccc(C)c2n1. The molecule has 2 aromatic heterocycles. The first-order valence-corrected chi connectivity index (χ1v) is 7.34. The van der Waals surface area contributed by atoms with Crippen molar-refractivity contribution in [3.63, 3.8) is 0 Å². The fourth-order valence-corrected chi connectivity index (χ4v) is 2.36. The van der Waals surface area contributed by atoms with E-state index >= 15 is 0 Å². The lowest BCUT2D eigenvalue weighted by Gasteiger charge is -2.11. The summed E-state index contributed by atoms with van der Waals surface area (Å²) in [6, 6.07) is 13.1. The van der Waals surface area contributed by atoms with E-state index in [9.17, 15) is 4.79 Å². The summed E-state index contributed by atoms with van der Waals surface area (Å²) in [5.41, 5.74) is 2.83. The van der Waals surface area contributed by atoms with Gasteiger partial charge in [0.25, 0.3) is 5.91 Å². The Bertz CT molecular complexity index is 848. The molecule has 0 radical (unpaired) electrons. The van der Waals surface area contributed by atoms with Crippen LogP contribution in [0.5, 0.6) is 5.75 Å². The number of rotatable bonds is 4. The van der Waals surface area contributed by atoms with Crippen LogP contribution in [-0.4, -0.2) is 22.5 Å². The second-order valence-electron chi connectivity index (χ2n) is 5.28. The number of para-hydroxylation sites is 1. The summed E-state index contributed by atoms with van der Waals surface area (Å²) in [7, 11) is 0. The molecular weight excluding hydrogens is 290 g/mol. The molecule has 0 saturated heterocycles. The molecule has 0 bridgehead atoms. The largest absolute Gasteiger partial charge is 0.483 e. The minimum atomic E-state index is -0.251. The number of nitrogens with zero attached hydrogens (tertiary/aromatic N) is 2. The summed E-state index contributed by atoms with van der Waals surface area (Å²) in [5.74, 6) is 0.916. The molecule has 1 amide bonds. The number of amides is 1. The van der Waals surface area contributed by atoms with Gasteiger partial charge in [0, 0.05) is 23.3 Å². The van der Waals surface area contributed by atoms with Gasteiger partial charge in [-0.25, -0.2) is 4.98 Å². The topological polar surface area (TPSA) is 64.1 Å². The van der Waals surface area contributed by atoms with Gasteiger partial charge in [0.2, 0.25) is 0 Å². The summed E-state index contributed by atoms with van der Waals surface area (Å²) in [5, 5.41) is 3.60.